The Morgan fingerprint density at radius 2 is 2.31 bits per heavy atom. The molecule has 1 amide bonds. The molecule has 2 rings (SSSR count). The second-order valence-electron chi connectivity index (χ2n) is 3.25. The van der Waals surface area contributed by atoms with Gasteiger partial charge in [0.25, 0.3) is 6.08 Å². The molecule has 1 heterocycles. The predicted octanol–water partition coefficient (Wildman–Crippen LogP) is 1.80. The van der Waals surface area contributed by atoms with Crippen molar-refractivity contribution in [1.29, 1.82) is 0 Å². The van der Waals surface area contributed by atoms with E-state index in [0.29, 0.717) is 19.3 Å². The number of rotatable bonds is 0. The van der Waals surface area contributed by atoms with Crippen LogP contribution in [0.1, 0.15) is 19.3 Å². The number of carbonyl (C=O) groups excluding carboxylic acids is 1. The topological polar surface area (TPSA) is 38.3 Å². The zero-order valence-electron chi connectivity index (χ0n) is 6.85. The Hall–Kier alpha value is -1.13. The van der Waals surface area contributed by atoms with Crippen LogP contribution in [0.15, 0.2) is 11.7 Å². The molecule has 1 aliphatic heterocycles. The summed E-state index contributed by atoms with van der Waals surface area (Å²) in [6, 6.07) is -0.252. The van der Waals surface area contributed by atoms with Crippen LogP contribution in [0.25, 0.3) is 0 Å². The van der Waals surface area contributed by atoms with E-state index >= 15 is 0 Å². The molecule has 0 aromatic carbocycles. The molecule has 1 saturated carbocycles. The molecule has 0 radical (unpaired) electrons. The fourth-order valence-electron chi connectivity index (χ4n) is 1.85. The van der Waals surface area contributed by atoms with Gasteiger partial charge in [-0.15, -0.1) is 0 Å². The molecule has 2 fully saturated rings. The first-order chi connectivity index (χ1) is 6.18. The fraction of sp³-hybridized carbons (Fsp3) is 0.625. The van der Waals surface area contributed by atoms with Crippen LogP contribution in [0.3, 0.4) is 0 Å². The van der Waals surface area contributed by atoms with Crippen molar-refractivity contribution < 1.29 is 18.3 Å². The van der Waals surface area contributed by atoms with E-state index in [1.807, 2.05) is 0 Å². The van der Waals surface area contributed by atoms with Gasteiger partial charge in [-0.2, -0.15) is 8.78 Å². The van der Waals surface area contributed by atoms with Gasteiger partial charge in [-0.05, 0) is 19.3 Å². The van der Waals surface area contributed by atoms with Crippen molar-refractivity contribution in [2.45, 2.75) is 31.4 Å². The lowest BCUT2D eigenvalue weighted by Crippen LogP contribution is -2.35. The quantitative estimate of drug-likeness (QED) is 0.631. The van der Waals surface area contributed by atoms with Crippen molar-refractivity contribution in [3.05, 3.63) is 11.7 Å². The molecule has 1 saturated heterocycles. The number of carbonyl (C=O) groups is 1. The Morgan fingerprint density at radius 1 is 1.54 bits per heavy atom. The zero-order chi connectivity index (χ0) is 9.42. The van der Waals surface area contributed by atoms with Crippen molar-refractivity contribution in [2.24, 2.45) is 0 Å². The average molecular weight is 189 g/mol. The zero-order valence-corrected chi connectivity index (χ0v) is 6.85. The Morgan fingerprint density at radius 3 is 3.00 bits per heavy atom. The standard InChI is InChI=1S/C8H9F2NO2/c9-7(10)4-2-1-3-5-6(4)13-8(12)11-5/h5-6H,1-3H2,(H,11,12). The van der Waals surface area contributed by atoms with Gasteiger partial charge in [0.1, 0.15) is 0 Å². The number of alkyl carbamates (subject to hydrolysis) is 1. The van der Waals surface area contributed by atoms with Gasteiger partial charge in [-0.3, -0.25) is 0 Å². The molecule has 3 nitrogen and oxygen atoms in total. The molecule has 1 aliphatic carbocycles. The molecule has 2 unspecified atom stereocenters. The summed E-state index contributed by atoms with van der Waals surface area (Å²) in [6.07, 6.45) is -1.29. The van der Waals surface area contributed by atoms with E-state index in [4.69, 9.17) is 4.74 Å². The summed E-state index contributed by atoms with van der Waals surface area (Å²) < 4.78 is 29.4. The summed E-state index contributed by atoms with van der Waals surface area (Å²) in [5.74, 6) is 0. The van der Waals surface area contributed by atoms with E-state index in [2.05, 4.69) is 5.32 Å². The monoisotopic (exact) mass is 189 g/mol. The minimum atomic E-state index is -1.70. The summed E-state index contributed by atoms with van der Waals surface area (Å²) >= 11 is 0. The molecule has 72 valence electrons. The van der Waals surface area contributed by atoms with Gasteiger partial charge >= 0.3 is 6.09 Å². The molecule has 1 N–H and O–H groups in total. The highest BCUT2D eigenvalue weighted by Crippen LogP contribution is 2.32. The Labute approximate surface area is 73.7 Å². The molecule has 2 atom stereocenters. The molecule has 0 aromatic rings. The van der Waals surface area contributed by atoms with Gasteiger partial charge in [0.2, 0.25) is 0 Å². The lowest BCUT2D eigenvalue weighted by atomic mass is 9.89. The molecule has 2 aliphatic rings. The smallest absolute Gasteiger partial charge is 0.408 e. The van der Waals surface area contributed by atoms with Crippen LogP contribution in [0, 0.1) is 0 Å². The van der Waals surface area contributed by atoms with Gasteiger partial charge in [-0.1, -0.05) is 0 Å². The van der Waals surface area contributed by atoms with Gasteiger partial charge in [0.05, 0.1) is 6.04 Å². The predicted molar refractivity (Wildman–Crippen MR) is 40.3 cm³/mol. The fourth-order valence-corrected chi connectivity index (χ4v) is 1.85. The maximum atomic E-state index is 12.3. The number of nitrogens with one attached hydrogen (secondary N) is 1. The second kappa shape index (κ2) is 2.97. The summed E-state index contributed by atoms with van der Waals surface area (Å²) in [6.45, 7) is 0. The van der Waals surface area contributed by atoms with Crippen LogP contribution in [0.5, 0.6) is 0 Å². The third kappa shape index (κ3) is 1.38. The van der Waals surface area contributed by atoms with Crippen LogP contribution in [0.4, 0.5) is 13.6 Å². The van der Waals surface area contributed by atoms with Crippen LogP contribution in [0.2, 0.25) is 0 Å². The highest BCUT2D eigenvalue weighted by atomic mass is 19.3. The van der Waals surface area contributed by atoms with Crippen LogP contribution in [-0.2, 0) is 4.74 Å². The molecule has 0 aromatic heterocycles. The molecular formula is C8H9F2NO2. The Bertz CT molecular complexity index is 273. The van der Waals surface area contributed by atoms with Crippen molar-refractivity contribution in [3.63, 3.8) is 0 Å². The van der Waals surface area contributed by atoms with E-state index in [9.17, 15) is 13.6 Å². The molecule has 0 spiro atoms. The normalized spacial score (nSPS) is 32.2. The number of hydrogen-bond donors (Lipinski definition) is 1. The molecular weight excluding hydrogens is 180 g/mol. The number of fused-ring (bicyclic) bond motifs is 1. The molecule has 5 heteroatoms. The first kappa shape index (κ1) is 8.47. The SMILES string of the molecule is O=C1NC2CCCC(=C(F)F)C2O1. The van der Waals surface area contributed by atoms with Crippen molar-refractivity contribution in [3.8, 4) is 0 Å². The van der Waals surface area contributed by atoms with Crippen molar-refractivity contribution >= 4 is 6.09 Å². The minimum absolute atomic E-state index is 0.0189. The highest BCUT2D eigenvalue weighted by Gasteiger charge is 2.40. The third-order valence-corrected chi connectivity index (χ3v) is 2.45. The number of ether oxygens (including phenoxy) is 1. The van der Waals surface area contributed by atoms with Crippen LogP contribution < -0.4 is 5.32 Å². The first-order valence-electron chi connectivity index (χ1n) is 4.19. The minimum Gasteiger partial charge on any atom is -0.439 e. The summed E-state index contributed by atoms with van der Waals surface area (Å²) in [5, 5.41) is 2.51. The van der Waals surface area contributed by atoms with Crippen molar-refractivity contribution in [2.75, 3.05) is 0 Å². The van der Waals surface area contributed by atoms with E-state index in [1.165, 1.54) is 0 Å². The van der Waals surface area contributed by atoms with E-state index in [-0.39, 0.29) is 11.6 Å². The number of amides is 1. The average Bonchev–Trinajstić information content (AvgIpc) is 2.43. The highest BCUT2D eigenvalue weighted by molar-refractivity contribution is 5.71. The van der Waals surface area contributed by atoms with Gasteiger partial charge in [0.15, 0.2) is 6.10 Å². The summed E-state index contributed by atoms with van der Waals surface area (Å²) in [4.78, 5) is 10.8. The van der Waals surface area contributed by atoms with E-state index in [1.54, 1.807) is 0 Å². The van der Waals surface area contributed by atoms with Gasteiger partial charge in [0, 0.05) is 5.57 Å². The lowest BCUT2D eigenvalue weighted by Gasteiger charge is -2.24. The maximum Gasteiger partial charge on any atom is 0.408 e. The van der Waals surface area contributed by atoms with E-state index in [0.717, 1.165) is 0 Å². The van der Waals surface area contributed by atoms with Gasteiger partial charge < -0.3 is 10.1 Å². The summed E-state index contributed by atoms with van der Waals surface area (Å²) in [5.41, 5.74) is -0.0189. The Kier molecular flexibility index (Phi) is 1.94. The largest absolute Gasteiger partial charge is 0.439 e. The molecule has 0 bridgehead atoms. The number of halogens is 2. The molecule has 13 heavy (non-hydrogen) atoms. The van der Waals surface area contributed by atoms with Crippen molar-refractivity contribution in [1.82, 2.24) is 5.32 Å². The van der Waals surface area contributed by atoms with Gasteiger partial charge in [-0.25, -0.2) is 4.79 Å². The Balaban J connectivity index is 2.24. The number of hydrogen-bond acceptors (Lipinski definition) is 2. The second-order valence-corrected chi connectivity index (χ2v) is 3.25. The summed E-state index contributed by atoms with van der Waals surface area (Å²) in [7, 11) is 0. The van der Waals surface area contributed by atoms with Crippen LogP contribution in [-0.4, -0.2) is 18.2 Å². The first-order valence-corrected chi connectivity index (χ1v) is 4.19. The lowest BCUT2D eigenvalue weighted by molar-refractivity contribution is 0.136. The van der Waals surface area contributed by atoms with E-state index < -0.39 is 18.3 Å². The third-order valence-electron chi connectivity index (χ3n) is 2.45. The maximum absolute atomic E-state index is 12.3. The van der Waals surface area contributed by atoms with Crippen LogP contribution >= 0.6 is 0 Å².